The van der Waals surface area contributed by atoms with Crippen molar-refractivity contribution < 1.29 is 13.2 Å². The van der Waals surface area contributed by atoms with Crippen LogP contribution in [0, 0.1) is 0 Å². The van der Waals surface area contributed by atoms with Crippen molar-refractivity contribution >= 4 is 53.5 Å². The summed E-state index contributed by atoms with van der Waals surface area (Å²) in [5.74, 6) is -0.225. The first kappa shape index (κ1) is 24.1. The van der Waals surface area contributed by atoms with Crippen LogP contribution < -0.4 is 4.90 Å². The van der Waals surface area contributed by atoms with E-state index in [4.69, 9.17) is 0 Å². The Morgan fingerprint density at radius 2 is 1.67 bits per heavy atom. The Balaban J connectivity index is 1.62. The lowest BCUT2D eigenvalue weighted by Gasteiger charge is -2.27. The minimum atomic E-state index is -3.86. The van der Waals surface area contributed by atoms with Crippen LogP contribution >= 0.6 is 31.9 Å². The van der Waals surface area contributed by atoms with E-state index in [1.165, 1.54) is 4.31 Å². The number of carbonyl (C=O) groups excluding carboxylic acids is 1. The number of benzene rings is 3. The van der Waals surface area contributed by atoms with Crippen LogP contribution in [-0.4, -0.2) is 37.8 Å². The lowest BCUT2D eigenvalue weighted by molar-refractivity contribution is -0.119. The Labute approximate surface area is 211 Å². The molecule has 0 unspecified atom stereocenters. The second kappa shape index (κ2) is 10.1. The molecule has 0 saturated carbocycles. The molecule has 1 amide bonds. The predicted molar refractivity (Wildman–Crippen MR) is 138 cm³/mol. The van der Waals surface area contributed by atoms with Gasteiger partial charge in [0.25, 0.3) is 0 Å². The van der Waals surface area contributed by atoms with Crippen molar-refractivity contribution in [1.29, 1.82) is 0 Å². The minimum Gasteiger partial charge on any atom is -0.308 e. The fourth-order valence-corrected chi connectivity index (χ4v) is 6.21. The standard InChI is InChI=1S/C25H24Br2N2O3S/c1-18-15-20-16-22(27)9-12-24(20)29(18)25(30)17-28(14-13-19-5-3-2-4-6-19)33(31,32)23-10-7-21(26)8-11-23/h2-12,16,18H,13-15,17H2,1H3/t18-/m0/s1. The summed E-state index contributed by atoms with van der Waals surface area (Å²) < 4.78 is 30.1. The molecule has 0 fully saturated rings. The summed E-state index contributed by atoms with van der Waals surface area (Å²) in [6.07, 6.45) is 1.26. The van der Waals surface area contributed by atoms with Gasteiger partial charge in [-0.3, -0.25) is 4.79 Å². The summed E-state index contributed by atoms with van der Waals surface area (Å²) in [6.45, 7) is 1.98. The highest BCUT2D eigenvalue weighted by Crippen LogP contribution is 2.34. The van der Waals surface area contributed by atoms with Gasteiger partial charge >= 0.3 is 0 Å². The van der Waals surface area contributed by atoms with E-state index in [2.05, 4.69) is 31.9 Å². The average molecular weight is 592 g/mol. The van der Waals surface area contributed by atoms with Crippen LogP contribution in [0.15, 0.2) is 86.6 Å². The lowest BCUT2D eigenvalue weighted by atomic mass is 10.1. The number of amides is 1. The Bertz CT molecular complexity index is 1250. The van der Waals surface area contributed by atoms with E-state index < -0.39 is 10.0 Å². The second-order valence-corrected chi connectivity index (χ2v) is 11.9. The van der Waals surface area contributed by atoms with Crippen molar-refractivity contribution in [2.24, 2.45) is 0 Å². The zero-order valence-corrected chi connectivity index (χ0v) is 22.1. The Morgan fingerprint density at radius 3 is 2.36 bits per heavy atom. The van der Waals surface area contributed by atoms with Crippen molar-refractivity contribution in [3.8, 4) is 0 Å². The van der Waals surface area contributed by atoms with Gasteiger partial charge in [0.2, 0.25) is 15.9 Å². The smallest absolute Gasteiger partial charge is 0.243 e. The lowest BCUT2D eigenvalue weighted by Crippen LogP contribution is -2.45. The first-order valence-corrected chi connectivity index (χ1v) is 13.7. The molecule has 4 rings (SSSR count). The summed E-state index contributed by atoms with van der Waals surface area (Å²) in [7, 11) is -3.86. The molecule has 1 heterocycles. The summed E-state index contributed by atoms with van der Waals surface area (Å²) in [5.41, 5.74) is 2.95. The van der Waals surface area contributed by atoms with E-state index in [9.17, 15) is 13.2 Å². The number of sulfonamides is 1. The van der Waals surface area contributed by atoms with Crippen LogP contribution in [0.4, 0.5) is 5.69 Å². The van der Waals surface area contributed by atoms with Gasteiger partial charge in [0, 0.05) is 27.2 Å². The quantitative estimate of drug-likeness (QED) is 0.368. The Morgan fingerprint density at radius 1 is 1.00 bits per heavy atom. The van der Waals surface area contributed by atoms with Crippen LogP contribution in [-0.2, 0) is 27.7 Å². The number of carbonyl (C=O) groups is 1. The van der Waals surface area contributed by atoms with Gasteiger partial charge in [-0.25, -0.2) is 8.42 Å². The molecule has 1 aliphatic heterocycles. The van der Waals surface area contributed by atoms with Gasteiger partial charge in [-0.1, -0.05) is 62.2 Å². The van der Waals surface area contributed by atoms with E-state index in [0.29, 0.717) is 6.42 Å². The fraction of sp³-hybridized carbons (Fsp3) is 0.240. The van der Waals surface area contributed by atoms with Crippen LogP contribution in [0.1, 0.15) is 18.1 Å². The molecule has 0 spiro atoms. The zero-order chi connectivity index (χ0) is 23.6. The van der Waals surface area contributed by atoms with Gasteiger partial charge < -0.3 is 4.90 Å². The number of rotatable bonds is 7. The van der Waals surface area contributed by atoms with Gasteiger partial charge in [-0.2, -0.15) is 4.31 Å². The van der Waals surface area contributed by atoms with Crippen molar-refractivity contribution in [3.05, 3.63) is 92.9 Å². The van der Waals surface area contributed by atoms with Gasteiger partial charge in [0.15, 0.2) is 0 Å². The molecule has 3 aromatic carbocycles. The molecule has 8 heteroatoms. The van der Waals surface area contributed by atoms with E-state index in [0.717, 1.165) is 32.2 Å². The first-order valence-electron chi connectivity index (χ1n) is 10.7. The number of anilines is 1. The average Bonchev–Trinajstić information content (AvgIpc) is 3.12. The maximum atomic E-state index is 13.5. The first-order chi connectivity index (χ1) is 15.8. The number of hydrogen-bond acceptors (Lipinski definition) is 3. The summed E-state index contributed by atoms with van der Waals surface area (Å²) >= 11 is 6.84. The largest absolute Gasteiger partial charge is 0.308 e. The van der Waals surface area contributed by atoms with Crippen LogP contribution in [0.2, 0.25) is 0 Å². The van der Waals surface area contributed by atoms with Gasteiger partial charge in [-0.15, -0.1) is 0 Å². The minimum absolute atomic E-state index is 0.0341. The maximum Gasteiger partial charge on any atom is 0.243 e. The Kier molecular flexibility index (Phi) is 7.38. The van der Waals surface area contributed by atoms with Gasteiger partial charge in [-0.05, 0) is 73.4 Å². The highest BCUT2D eigenvalue weighted by molar-refractivity contribution is 9.10. The number of fused-ring (bicyclic) bond motifs is 1. The summed E-state index contributed by atoms with van der Waals surface area (Å²) in [4.78, 5) is 15.4. The van der Waals surface area contributed by atoms with E-state index in [-0.39, 0.29) is 29.9 Å². The second-order valence-electron chi connectivity index (χ2n) is 8.12. The van der Waals surface area contributed by atoms with Crippen molar-refractivity contribution in [2.45, 2.75) is 30.7 Å². The molecule has 0 N–H and O–H groups in total. The normalized spacial score (nSPS) is 15.6. The van der Waals surface area contributed by atoms with E-state index in [1.807, 2.05) is 55.5 Å². The molecule has 0 saturated heterocycles. The fourth-order valence-electron chi connectivity index (χ4n) is 4.15. The SMILES string of the molecule is C[C@H]1Cc2cc(Br)ccc2N1C(=O)CN(CCc1ccccc1)S(=O)(=O)c1ccc(Br)cc1. The third-order valence-electron chi connectivity index (χ3n) is 5.78. The molecular weight excluding hydrogens is 568 g/mol. The van der Waals surface area contributed by atoms with Gasteiger partial charge in [0.05, 0.1) is 11.4 Å². The summed E-state index contributed by atoms with van der Waals surface area (Å²) in [5, 5.41) is 0. The molecule has 3 aromatic rings. The summed E-state index contributed by atoms with van der Waals surface area (Å²) in [6, 6.07) is 22.0. The zero-order valence-electron chi connectivity index (χ0n) is 18.1. The highest BCUT2D eigenvalue weighted by atomic mass is 79.9. The van der Waals surface area contributed by atoms with E-state index >= 15 is 0 Å². The highest BCUT2D eigenvalue weighted by Gasteiger charge is 2.34. The number of hydrogen-bond donors (Lipinski definition) is 0. The molecule has 1 aliphatic rings. The third kappa shape index (κ3) is 5.40. The number of halogens is 2. The molecule has 33 heavy (non-hydrogen) atoms. The topological polar surface area (TPSA) is 57.7 Å². The molecule has 1 atom stereocenters. The van der Waals surface area contributed by atoms with Crippen LogP contribution in [0.25, 0.3) is 0 Å². The van der Waals surface area contributed by atoms with Crippen molar-refractivity contribution in [3.63, 3.8) is 0 Å². The molecule has 0 aliphatic carbocycles. The molecule has 5 nitrogen and oxygen atoms in total. The monoisotopic (exact) mass is 590 g/mol. The van der Waals surface area contributed by atoms with Crippen molar-refractivity contribution in [1.82, 2.24) is 4.31 Å². The number of nitrogens with zero attached hydrogens (tertiary/aromatic N) is 2. The maximum absolute atomic E-state index is 13.5. The van der Waals surface area contributed by atoms with E-state index in [1.54, 1.807) is 29.2 Å². The molecule has 0 bridgehead atoms. The molecule has 0 radical (unpaired) electrons. The Hall–Kier alpha value is -2.00. The molecular formula is C25H24Br2N2O3S. The third-order valence-corrected chi connectivity index (χ3v) is 8.66. The van der Waals surface area contributed by atoms with Crippen molar-refractivity contribution in [2.75, 3.05) is 18.0 Å². The van der Waals surface area contributed by atoms with Gasteiger partial charge in [0.1, 0.15) is 0 Å². The molecule has 172 valence electrons. The predicted octanol–water partition coefficient (Wildman–Crippen LogP) is 5.42. The van der Waals surface area contributed by atoms with Crippen LogP contribution in [0.3, 0.4) is 0 Å². The molecule has 0 aromatic heterocycles. The van der Waals surface area contributed by atoms with Crippen LogP contribution in [0.5, 0.6) is 0 Å².